The highest BCUT2D eigenvalue weighted by Gasteiger charge is 2.25. The first-order chi connectivity index (χ1) is 14.1. The molecule has 1 unspecified atom stereocenters. The minimum atomic E-state index is -0.574. The van der Waals surface area contributed by atoms with Crippen LogP contribution in [-0.2, 0) is 0 Å². The molecule has 6 heteroatoms. The van der Waals surface area contributed by atoms with Gasteiger partial charge in [0.2, 0.25) is 0 Å². The molecule has 1 saturated heterocycles. The Morgan fingerprint density at radius 2 is 1.66 bits per heavy atom. The van der Waals surface area contributed by atoms with Gasteiger partial charge in [0.25, 0.3) is 5.91 Å². The Labute approximate surface area is 172 Å². The molecule has 0 radical (unpaired) electrons. The fraction of sp³-hybridized carbons (Fsp3) is 0.435. The number of aryl methyl sites for hydroxylation is 1. The minimum absolute atomic E-state index is 0.00265. The Balaban J connectivity index is 1.46. The van der Waals surface area contributed by atoms with Gasteiger partial charge in [-0.25, -0.2) is 0 Å². The van der Waals surface area contributed by atoms with Crippen LogP contribution in [0.2, 0.25) is 0 Å². The number of β-amino-alcohol motifs (C(OH)–C–C–N with tert-alkyl or cyclic N) is 1. The van der Waals surface area contributed by atoms with E-state index in [1.807, 2.05) is 67.3 Å². The van der Waals surface area contributed by atoms with E-state index >= 15 is 0 Å². The molecule has 2 aromatic carbocycles. The van der Waals surface area contributed by atoms with Crippen LogP contribution in [0, 0.1) is 6.92 Å². The molecule has 29 heavy (non-hydrogen) atoms. The molecule has 156 valence electrons. The van der Waals surface area contributed by atoms with E-state index in [1.54, 1.807) is 0 Å². The van der Waals surface area contributed by atoms with Crippen LogP contribution in [0.15, 0.2) is 48.5 Å². The van der Waals surface area contributed by atoms with Crippen molar-refractivity contribution >= 4 is 5.91 Å². The number of hydrogen-bond acceptors (Lipinski definition) is 5. The van der Waals surface area contributed by atoms with Gasteiger partial charge < -0.3 is 19.5 Å². The summed E-state index contributed by atoms with van der Waals surface area (Å²) in [7, 11) is 0. The molecule has 1 N–H and O–H groups in total. The van der Waals surface area contributed by atoms with Gasteiger partial charge in [-0.3, -0.25) is 9.69 Å². The SMILES string of the molecule is CCOc1ccccc1C(=O)N1CCN(CC(O)COc2ccccc2C)CC1. The van der Waals surface area contributed by atoms with Crippen LogP contribution in [0.5, 0.6) is 11.5 Å². The quantitative estimate of drug-likeness (QED) is 0.741. The maximum Gasteiger partial charge on any atom is 0.257 e. The third kappa shape index (κ3) is 5.71. The first kappa shape index (κ1) is 21.1. The molecular weight excluding hydrogens is 368 g/mol. The zero-order valence-electron chi connectivity index (χ0n) is 17.2. The van der Waals surface area contributed by atoms with Crippen molar-refractivity contribution in [2.24, 2.45) is 0 Å². The fourth-order valence-electron chi connectivity index (χ4n) is 3.48. The van der Waals surface area contributed by atoms with Crippen molar-refractivity contribution in [1.29, 1.82) is 0 Å². The van der Waals surface area contributed by atoms with E-state index in [9.17, 15) is 9.90 Å². The first-order valence-corrected chi connectivity index (χ1v) is 10.2. The number of benzene rings is 2. The predicted molar refractivity (Wildman–Crippen MR) is 113 cm³/mol. The van der Waals surface area contributed by atoms with Gasteiger partial charge in [0.05, 0.1) is 12.2 Å². The van der Waals surface area contributed by atoms with E-state index in [2.05, 4.69) is 4.90 Å². The average molecular weight is 399 g/mol. The molecule has 3 rings (SSSR count). The molecule has 1 fully saturated rings. The average Bonchev–Trinajstić information content (AvgIpc) is 2.74. The predicted octanol–water partition coefficient (Wildman–Crippen LogP) is 2.59. The fourth-order valence-corrected chi connectivity index (χ4v) is 3.48. The smallest absolute Gasteiger partial charge is 0.257 e. The maximum absolute atomic E-state index is 12.9. The number of ether oxygens (including phenoxy) is 2. The topological polar surface area (TPSA) is 62.2 Å². The second-order valence-electron chi connectivity index (χ2n) is 7.25. The number of nitrogens with zero attached hydrogens (tertiary/aromatic N) is 2. The second kappa shape index (κ2) is 10.3. The monoisotopic (exact) mass is 398 g/mol. The van der Waals surface area contributed by atoms with Crippen molar-refractivity contribution < 1.29 is 19.4 Å². The summed E-state index contributed by atoms with van der Waals surface area (Å²) >= 11 is 0. The third-order valence-electron chi connectivity index (χ3n) is 5.07. The summed E-state index contributed by atoms with van der Waals surface area (Å²) in [5.74, 6) is 1.43. The summed E-state index contributed by atoms with van der Waals surface area (Å²) in [6.45, 7) is 7.93. The molecule has 1 aliphatic rings. The van der Waals surface area contributed by atoms with E-state index in [4.69, 9.17) is 9.47 Å². The summed E-state index contributed by atoms with van der Waals surface area (Å²) < 4.78 is 11.3. The number of hydrogen-bond donors (Lipinski definition) is 1. The zero-order valence-corrected chi connectivity index (χ0v) is 17.2. The summed E-state index contributed by atoms with van der Waals surface area (Å²) in [4.78, 5) is 16.9. The van der Waals surface area contributed by atoms with Gasteiger partial charge in [0.15, 0.2) is 0 Å². The Kier molecular flexibility index (Phi) is 7.49. The Morgan fingerprint density at radius 3 is 2.34 bits per heavy atom. The summed E-state index contributed by atoms with van der Waals surface area (Å²) in [6, 6.07) is 15.2. The number of rotatable bonds is 8. The number of para-hydroxylation sites is 2. The van der Waals surface area contributed by atoms with Crippen LogP contribution in [0.1, 0.15) is 22.8 Å². The van der Waals surface area contributed by atoms with Gasteiger partial charge in [-0.1, -0.05) is 30.3 Å². The Morgan fingerprint density at radius 1 is 1.00 bits per heavy atom. The molecule has 1 aliphatic heterocycles. The minimum Gasteiger partial charge on any atom is -0.493 e. The van der Waals surface area contributed by atoms with Crippen LogP contribution < -0.4 is 9.47 Å². The van der Waals surface area contributed by atoms with Crippen molar-refractivity contribution in [1.82, 2.24) is 9.80 Å². The summed E-state index contributed by atoms with van der Waals surface area (Å²) in [6.07, 6.45) is -0.574. The second-order valence-corrected chi connectivity index (χ2v) is 7.25. The number of carbonyl (C=O) groups is 1. The van der Waals surface area contributed by atoms with Gasteiger partial charge in [0, 0.05) is 32.7 Å². The number of amides is 1. The molecule has 0 spiro atoms. The molecule has 0 saturated carbocycles. The highest BCUT2D eigenvalue weighted by Crippen LogP contribution is 2.21. The van der Waals surface area contributed by atoms with Crippen molar-refractivity contribution in [3.05, 3.63) is 59.7 Å². The Bertz CT molecular complexity index is 803. The van der Waals surface area contributed by atoms with Gasteiger partial charge in [-0.2, -0.15) is 0 Å². The van der Waals surface area contributed by atoms with Gasteiger partial charge in [0.1, 0.15) is 24.2 Å². The molecule has 1 heterocycles. The van der Waals surface area contributed by atoms with E-state index in [1.165, 1.54) is 0 Å². The maximum atomic E-state index is 12.9. The van der Waals surface area contributed by atoms with E-state index in [-0.39, 0.29) is 12.5 Å². The van der Waals surface area contributed by atoms with Gasteiger partial charge in [-0.05, 0) is 37.6 Å². The van der Waals surface area contributed by atoms with Crippen LogP contribution in [-0.4, -0.2) is 72.9 Å². The van der Waals surface area contributed by atoms with Gasteiger partial charge >= 0.3 is 0 Å². The third-order valence-corrected chi connectivity index (χ3v) is 5.07. The number of aliphatic hydroxyl groups excluding tert-OH is 1. The standard InChI is InChI=1S/C23H30N2O4/c1-3-28-22-11-7-5-9-20(22)23(27)25-14-12-24(13-15-25)16-19(26)17-29-21-10-6-4-8-18(21)2/h4-11,19,26H,3,12-17H2,1-2H3. The summed E-state index contributed by atoms with van der Waals surface area (Å²) in [5, 5.41) is 10.3. The van der Waals surface area contributed by atoms with E-state index in [0.717, 1.165) is 24.4 Å². The lowest BCUT2D eigenvalue weighted by Crippen LogP contribution is -2.51. The number of aliphatic hydroxyl groups is 1. The number of piperazine rings is 1. The molecule has 1 atom stereocenters. The highest BCUT2D eigenvalue weighted by molar-refractivity contribution is 5.97. The normalized spacial score (nSPS) is 15.8. The lowest BCUT2D eigenvalue weighted by Gasteiger charge is -2.35. The summed E-state index contributed by atoms with van der Waals surface area (Å²) in [5.41, 5.74) is 1.66. The van der Waals surface area contributed by atoms with E-state index in [0.29, 0.717) is 37.6 Å². The van der Waals surface area contributed by atoms with E-state index < -0.39 is 6.10 Å². The molecule has 0 aromatic heterocycles. The van der Waals surface area contributed by atoms with Crippen LogP contribution in [0.4, 0.5) is 0 Å². The van der Waals surface area contributed by atoms with Crippen molar-refractivity contribution in [3.8, 4) is 11.5 Å². The zero-order chi connectivity index (χ0) is 20.6. The highest BCUT2D eigenvalue weighted by atomic mass is 16.5. The molecule has 0 aliphatic carbocycles. The lowest BCUT2D eigenvalue weighted by atomic mass is 10.1. The van der Waals surface area contributed by atoms with Crippen molar-refractivity contribution in [3.63, 3.8) is 0 Å². The van der Waals surface area contributed by atoms with Crippen LogP contribution in [0.3, 0.4) is 0 Å². The van der Waals surface area contributed by atoms with Crippen molar-refractivity contribution in [2.45, 2.75) is 20.0 Å². The molecular formula is C23H30N2O4. The first-order valence-electron chi connectivity index (χ1n) is 10.2. The molecule has 1 amide bonds. The van der Waals surface area contributed by atoms with Crippen LogP contribution >= 0.6 is 0 Å². The molecule has 6 nitrogen and oxygen atoms in total. The number of carbonyl (C=O) groups excluding carboxylic acids is 1. The largest absolute Gasteiger partial charge is 0.493 e. The Hall–Kier alpha value is -2.57. The lowest BCUT2D eigenvalue weighted by molar-refractivity contribution is 0.0401. The van der Waals surface area contributed by atoms with Crippen LogP contribution in [0.25, 0.3) is 0 Å². The van der Waals surface area contributed by atoms with Gasteiger partial charge in [-0.15, -0.1) is 0 Å². The molecule has 0 bridgehead atoms. The van der Waals surface area contributed by atoms with Crippen molar-refractivity contribution in [2.75, 3.05) is 45.9 Å². The molecule has 2 aromatic rings.